The van der Waals surface area contributed by atoms with Gasteiger partial charge in [0.15, 0.2) is 0 Å². The van der Waals surface area contributed by atoms with Gasteiger partial charge in [0.2, 0.25) is 0 Å². The average Bonchev–Trinajstić information content (AvgIpc) is 3.24. The zero-order valence-electron chi connectivity index (χ0n) is 14.6. The Balaban J connectivity index is 0.00000243. The molecule has 0 aliphatic heterocycles. The van der Waals surface area contributed by atoms with Gasteiger partial charge in [-0.15, -0.1) is 12.4 Å². The van der Waals surface area contributed by atoms with Crippen molar-refractivity contribution in [2.24, 2.45) is 11.7 Å². The molecule has 1 aliphatic carbocycles. The Morgan fingerprint density at radius 1 is 1.23 bits per heavy atom. The number of nitrogens with zero attached hydrogens (tertiary/aromatic N) is 1. The van der Waals surface area contributed by atoms with Crippen LogP contribution in [0.2, 0.25) is 0 Å². The molecule has 8 heteroatoms. The summed E-state index contributed by atoms with van der Waals surface area (Å²) >= 11 is 0. The summed E-state index contributed by atoms with van der Waals surface area (Å²) in [7, 11) is -3.69. The highest BCUT2D eigenvalue weighted by Gasteiger charge is 2.28. The molecule has 2 aromatic rings. The van der Waals surface area contributed by atoms with Gasteiger partial charge in [0.1, 0.15) is 0 Å². The highest BCUT2D eigenvalue weighted by molar-refractivity contribution is 7.90. The topological polar surface area (TPSA) is 94.2 Å². The number of benzene rings is 1. The van der Waals surface area contributed by atoms with E-state index in [1.807, 2.05) is 6.92 Å². The van der Waals surface area contributed by atoms with Crippen molar-refractivity contribution in [2.45, 2.75) is 37.1 Å². The molecule has 0 spiro atoms. The first-order valence-electron chi connectivity index (χ1n) is 8.43. The number of aromatic nitrogens is 1. The minimum absolute atomic E-state index is 0. The molecule has 3 N–H and O–H groups in total. The number of rotatable bonds is 5. The molecule has 0 radical (unpaired) electrons. The van der Waals surface area contributed by atoms with Gasteiger partial charge < -0.3 is 11.1 Å². The van der Waals surface area contributed by atoms with Gasteiger partial charge in [-0.3, -0.25) is 4.79 Å². The molecule has 1 aromatic heterocycles. The maximum absolute atomic E-state index is 12.6. The van der Waals surface area contributed by atoms with Crippen molar-refractivity contribution < 1.29 is 13.2 Å². The summed E-state index contributed by atoms with van der Waals surface area (Å²) in [4.78, 5) is 12.6. The molecule has 1 amide bonds. The van der Waals surface area contributed by atoms with E-state index >= 15 is 0 Å². The summed E-state index contributed by atoms with van der Waals surface area (Å²) in [5.74, 6) is 0.0329. The van der Waals surface area contributed by atoms with Crippen molar-refractivity contribution in [3.05, 3.63) is 53.9 Å². The smallest absolute Gasteiger partial charge is 0.267 e. The van der Waals surface area contributed by atoms with Gasteiger partial charge in [-0.25, -0.2) is 12.4 Å². The quantitative estimate of drug-likeness (QED) is 0.809. The van der Waals surface area contributed by atoms with Gasteiger partial charge in [-0.2, -0.15) is 0 Å². The van der Waals surface area contributed by atoms with Gasteiger partial charge in [-0.1, -0.05) is 24.1 Å². The van der Waals surface area contributed by atoms with E-state index in [9.17, 15) is 13.2 Å². The molecule has 2 atom stereocenters. The summed E-state index contributed by atoms with van der Waals surface area (Å²) in [6, 6.07) is 8.21. The van der Waals surface area contributed by atoms with Crippen LogP contribution in [0.4, 0.5) is 0 Å². The minimum atomic E-state index is -3.69. The Hall–Kier alpha value is -1.83. The molecule has 1 saturated carbocycles. The van der Waals surface area contributed by atoms with Crippen LogP contribution >= 0.6 is 12.4 Å². The number of carbonyl (C=O) groups excluding carboxylic acids is 1. The van der Waals surface area contributed by atoms with Crippen LogP contribution in [-0.4, -0.2) is 30.9 Å². The largest absolute Gasteiger partial charge is 0.349 e. The molecular weight excluding hydrogens is 374 g/mol. The lowest BCUT2D eigenvalue weighted by atomic mass is 10.0. The second-order valence-corrected chi connectivity index (χ2v) is 8.40. The maximum atomic E-state index is 12.6. The summed E-state index contributed by atoms with van der Waals surface area (Å²) in [5, 5.41) is 2.98. The average molecular weight is 398 g/mol. The monoisotopic (exact) mass is 397 g/mol. The zero-order chi connectivity index (χ0) is 18.0. The Morgan fingerprint density at radius 2 is 1.92 bits per heavy atom. The lowest BCUT2D eigenvalue weighted by Gasteiger charge is -2.19. The maximum Gasteiger partial charge on any atom is 0.267 e. The van der Waals surface area contributed by atoms with Crippen LogP contribution < -0.4 is 11.1 Å². The summed E-state index contributed by atoms with van der Waals surface area (Å²) in [6.45, 7) is 2.44. The van der Waals surface area contributed by atoms with Gasteiger partial charge >= 0.3 is 0 Å². The van der Waals surface area contributed by atoms with Crippen LogP contribution in [0.15, 0.2) is 47.6 Å². The van der Waals surface area contributed by atoms with Crippen molar-refractivity contribution in [2.75, 3.05) is 6.54 Å². The Bertz CT molecular complexity index is 862. The fraction of sp³-hybridized carbons (Fsp3) is 0.389. The number of amides is 1. The molecule has 0 saturated heterocycles. The molecule has 1 aromatic carbocycles. The van der Waals surface area contributed by atoms with Crippen LogP contribution in [0.25, 0.3) is 0 Å². The Kier molecular flexibility index (Phi) is 6.49. The molecular formula is C18H24ClN3O3S. The molecule has 3 rings (SSSR count). The van der Waals surface area contributed by atoms with E-state index < -0.39 is 10.0 Å². The summed E-state index contributed by atoms with van der Waals surface area (Å²) in [5.41, 5.74) is 7.06. The van der Waals surface area contributed by atoms with E-state index in [1.54, 1.807) is 24.3 Å². The van der Waals surface area contributed by atoms with Crippen molar-refractivity contribution >= 4 is 28.3 Å². The van der Waals surface area contributed by atoms with E-state index in [4.69, 9.17) is 5.73 Å². The molecule has 1 fully saturated rings. The van der Waals surface area contributed by atoms with Gasteiger partial charge in [0.05, 0.1) is 10.5 Å². The Labute approximate surface area is 160 Å². The highest BCUT2D eigenvalue weighted by Crippen LogP contribution is 2.25. The number of halogens is 1. The number of aryl methyl sites for hydroxylation is 1. The van der Waals surface area contributed by atoms with Crippen molar-refractivity contribution in [3.8, 4) is 0 Å². The van der Waals surface area contributed by atoms with Crippen molar-refractivity contribution in [1.82, 2.24) is 9.29 Å². The van der Waals surface area contributed by atoms with E-state index in [-0.39, 0.29) is 29.3 Å². The van der Waals surface area contributed by atoms with Gasteiger partial charge in [-0.05, 0) is 50.4 Å². The first-order chi connectivity index (χ1) is 11.9. The molecule has 6 nitrogen and oxygen atoms in total. The summed E-state index contributed by atoms with van der Waals surface area (Å²) in [6.07, 6.45) is 5.74. The lowest BCUT2D eigenvalue weighted by Crippen LogP contribution is -2.39. The number of hydrogen-bond acceptors (Lipinski definition) is 4. The van der Waals surface area contributed by atoms with E-state index in [0.717, 1.165) is 28.8 Å². The van der Waals surface area contributed by atoms with Gasteiger partial charge in [0.25, 0.3) is 15.9 Å². The van der Waals surface area contributed by atoms with Crippen LogP contribution in [0, 0.1) is 12.8 Å². The second-order valence-electron chi connectivity index (χ2n) is 6.55. The molecule has 26 heavy (non-hydrogen) atoms. The van der Waals surface area contributed by atoms with E-state index in [0.29, 0.717) is 18.0 Å². The third kappa shape index (κ3) is 4.11. The SMILES string of the molecule is Cc1ccc(S(=O)(=O)n2ccc(C(=O)NC3CCCC3CN)c2)cc1.Cl. The third-order valence-corrected chi connectivity index (χ3v) is 6.45. The Morgan fingerprint density at radius 3 is 2.58 bits per heavy atom. The van der Waals surface area contributed by atoms with Crippen LogP contribution in [0.5, 0.6) is 0 Å². The number of nitrogens with one attached hydrogen (secondary N) is 1. The third-order valence-electron chi connectivity index (χ3n) is 4.80. The number of hydrogen-bond donors (Lipinski definition) is 2. The molecule has 0 bridgehead atoms. The number of carbonyl (C=O) groups is 1. The molecule has 1 heterocycles. The van der Waals surface area contributed by atoms with Crippen LogP contribution in [0.3, 0.4) is 0 Å². The van der Waals surface area contributed by atoms with E-state index in [2.05, 4.69) is 5.32 Å². The zero-order valence-corrected chi connectivity index (χ0v) is 16.2. The predicted octanol–water partition coefficient (Wildman–Crippen LogP) is 2.31. The lowest BCUT2D eigenvalue weighted by molar-refractivity contribution is 0.0929. The molecule has 2 unspecified atom stereocenters. The minimum Gasteiger partial charge on any atom is -0.349 e. The first kappa shape index (κ1) is 20.5. The highest BCUT2D eigenvalue weighted by atomic mass is 35.5. The number of nitrogens with two attached hydrogens (primary N) is 1. The van der Waals surface area contributed by atoms with Crippen LogP contribution in [-0.2, 0) is 10.0 Å². The van der Waals surface area contributed by atoms with Crippen molar-refractivity contribution in [3.63, 3.8) is 0 Å². The summed E-state index contributed by atoms with van der Waals surface area (Å²) < 4.78 is 26.4. The normalized spacial score (nSPS) is 19.8. The fourth-order valence-corrected chi connectivity index (χ4v) is 4.45. The molecule has 142 valence electrons. The molecule has 1 aliphatic rings. The predicted molar refractivity (Wildman–Crippen MR) is 103 cm³/mol. The standard InChI is InChI=1S/C18H23N3O3S.ClH/c1-13-5-7-16(8-6-13)25(23,24)21-10-9-15(12-21)18(22)20-17-4-2-3-14(17)11-19;/h5-10,12,14,17H,2-4,11,19H2,1H3,(H,20,22);1H. The first-order valence-corrected chi connectivity index (χ1v) is 9.87. The second kappa shape index (κ2) is 8.24. The van der Waals surface area contributed by atoms with Crippen molar-refractivity contribution in [1.29, 1.82) is 0 Å². The fourth-order valence-electron chi connectivity index (χ4n) is 3.25. The van der Waals surface area contributed by atoms with Gasteiger partial charge in [0, 0.05) is 18.4 Å². The van der Waals surface area contributed by atoms with E-state index in [1.165, 1.54) is 18.5 Å². The van der Waals surface area contributed by atoms with Crippen LogP contribution in [0.1, 0.15) is 35.2 Å².